The van der Waals surface area contributed by atoms with Crippen LogP contribution >= 0.6 is 11.3 Å². The van der Waals surface area contributed by atoms with Crippen LogP contribution < -0.4 is 5.32 Å². The molecule has 1 nitrogen and oxygen atoms in total. The summed E-state index contributed by atoms with van der Waals surface area (Å²) in [6.45, 7) is 0. The summed E-state index contributed by atoms with van der Waals surface area (Å²) < 4.78 is 1.34. The number of para-hydroxylation sites is 1. The summed E-state index contributed by atoms with van der Waals surface area (Å²) in [5, 5.41) is 6.87. The lowest BCUT2D eigenvalue weighted by Crippen LogP contribution is -1.89. The third-order valence-electron chi connectivity index (χ3n) is 3.74. The van der Waals surface area contributed by atoms with Crippen molar-refractivity contribution in [1.29, 1.82) is 0 Å². The van der Waals surface area contributed by atoms with Crippen LogP contribution in [0.5, 0.6) is 0 Å². The normalized spacial score (nSPS) is 10.7. The predicted molar refractivity (Wildman–Crippen MR) is 97.0 cm³/mol. The lowest BCUT2D eigenvalue weighted by molar-refractivity contribution is 1.54. The van der Waals surface area contributed by atoms with Gasteiger partial charge in [0, 0.05) is 16.1 Å². The molecular weight excluding hydrogens is 286 g/mol. The maximum Gasteiger partial charge on any atom is 0.0384 e. The molecule has 1 N–H and O–H groups in total. The summed E-state index contributed by atoms with van der Waals surface area (Å²) in [5.41, 5.74) is 4.72. The summed E-state index contributed by atoms with van der Waals surface area (Å²) >= 11 is 1.79. The van der Waals surface area contributed by atoms with E-state index in [4.69, 9.17) is 0 Å². The Kier molecular flexibility index (Phi) is 3.37. The highest BCUT2D eigenvalue weighted by Crippen LogP contribution is 2.28. The van der Waals surface area contributed by atoms with E-state index in [2.05, 4.69) is 71.4 Å². The first kappa shape index (κ1) is 13.1. The highest BCUT2D eigenvalue weighted by Gasteiger charge is 2.01. The van der Waals surface area contributed by atoms with E-state index in [1.165, 1.54) is 21.2 Å². The number of nitrogens with one attached hydrogen (secondary N) is 1. The van der Waals surface area contributed by atoms with Crippen LogP contribution in [0.4, 0.5) is 11.4 Å². The molecule has 0 aliphatic carbocycles. The maximum atomic E-state index is 3.41. The summed E-state index contributed by atoms with van der Waals surface area (Å²) in [6.07, 6.45) is 0. The van der Waals surface area contributed by atoms with E-state index < -0.39 is 0 Å². The van der Waals surface area contributed by atoms with Crippen LogP contribution in [0.1, 0.15) is 0 Å². The van der Waals surface area contributed by atoms with Gasteiger partial charge in [-0.3, -0.25) is 0 Å². The Morgan fingerprint density at radius 3 is 2.18 bits per heavy atom. The van der Waals surface area contributed by atoms with E-state index in [-0.39, 0.29) is 0 Å². The molecule has 0 radical (unpaired) electrons. The monoisotopic (exact) mass is 301 g/mol. The molecule has 4 aromatic rings. The Labute approximate surface area is 133 Å². The van der Waals surface area contributed by atoms with Gasteiger partial charge in [-0.25, -0.2) is 0 Å². The third kappa shape index (κ3) is 2.61. The number of benzene rings is 3. The Morgan fingerprint density at radius 1 is 0.636 bits per heavy atom. The maximum absolute atomic E-state index is 3.41. The molecule has 0 atom stereocenters. The quantitative estimate of drug-likeness (QED) is 0.467. The SMILES string of the molecule is c1ccc(Nc2ccc(-c3ccc4ccsc4c3)cc2)cc1. The Bertz CT molecular complexity index is 892. The summed E-state index contributed by atoms with van der Waals surface area (Å²) in [6, 6.07) is 27.6. The van der Waals surface area contributed by atoms with Crippen LogP contribution in [0.2, 0.25) is 0 Å². The van der Waals surface area contributed by atoms with Crippen molar-refractivity contribution in [3.8, 4) is 11.1 Å². The fraction of sp³-hybridized carbons (Fsp3) is 0. The van der Waals surface area contributed by atoms with Crippen LogP contribution in [0, 0.1) is 0 Å². The highest BCUT2D eigenvalue weighted by molar-refractivity contribution is 7.17. The molecule has 1 aromatic heterocycles. The molecular formula is C20H15NS. The lowest BCUT2D eigenvalue weighted by atomic mass is 10.0. The average Bonchev–Trinajstić information content (AvgIpc) is 3.04. The smallest absolute Gasteiger partial charge is 0.0384 e. The average molecular weight is 301 g/mol. The lowest BCUT2D eigenvalue weighted by Gasteiger charge is -2.08. The van der Waals surface area contributed by atoms with Crippen molar-refractivity contribution in [3.63, 3.8) is 0 Å². The first-order valence-corrected chi connectivity index (χ1v) is 8.16. The van der Waals surface area contributed by atoms with Gasteiger partial charge in [0.05, 0.1) is 0 Å². The number of thiophene rings is 1. The second-order valence-corrected chi connectivity index (χ2v) is 6.19. The van der Waals surface area contributed by atoms with Gasteiger partial charge >= 0.3 is 0 Å². The van der Waals surface area contributed by atoms with Crippen molar-refractivity contribution in [1.82, 2.24) is 0 Å². The Hall–Kier alpha value is -2.58. The van der Waals surface area contributed by atoms with Crippen molar-refractivity contribution >= 4 is 32.8 Å². The van der Waals surface area contributed by atoms with Crippen LogP contribution in [-0.4, -0.2) is 0 Å². The molecule has 4 rings (SSSR count). The van der Waals surface area contributed by atoms with E-state index in [9.17, 15) is 0 Å². The van der Waals surface area contributed by atoms with E-state index in [0.717, 1.165) is 11.4 Å². The number of hydrogen-bond donors (Lipinski definition) is 1. The molecule has 0 aliphatic rings. The van der Waals surface area contributed by atoms with E-state index >= 15 is 0 Å². The Morgan fingerprint density at radius 2 is 1.36 bits per heavy atom. The first-order chi connectivity index (χ1) is 10.9. The van der Waals surface area contributed by atoms with Crippen molar-refractivity contribution in [3.05, 3.63) is 84.2 Å². The van der Waals surface area contributed by atoms with Crippen LogP contribution in [0.15, 0.2) is 84.2 Å². The van der Waals surface area contributed by atoms with Crippen molar-refractivity contribution < 1.29 is 0 Å². The summed E-state index contributed by atoms with van der Waals surface area (Å²) in [5.74, 6) is 0. The molecule has 0 saturated carbocycles. The summed E-state index contributed by atoms with van der Waals surface area (Å²) in [7, 11) is 0. The molecule has 0 fully saturated rings. The van der Waals surface area contributed by atoms with E-state index in [1.807, 2.05) is 18.2 Å². The number of rotatable bonds is 3. The number of anilines is 2. The number of fused-ring (bicyclic) bond motifs is 1. The van der Waals surface area contributed by atoms with Crippen molar-refractivity contribution in [2.75, 3.05) is 5.32 Å². The van der Waals surface area contributed by atoms with Gasteiger partial charge in [-0.15, -0.1) is 11.3 Å². The molecule has 0 amide bonds. The molecule has 106 valence electrons. The topological polar surface area (TPSA) is 12.0 Å². The number of hydrogen-bond acceptors (Lipinski definition) is 2. The highest BCUT2D eigenvalue weighted by atomic mass is 32.1. The fourth-order valence-electron chi connectivity index (χ4n) is 2.57. The zero-order valence-corrected chi connectivity index (χ0v) is 12.8. The predicted octanol–water partition coefficient (Wildman–Crippen LogP) is 6.31. The Balaban J connectivity index is 1.61. The molecule has 0 unspecified atom stereocenters. The zero-order chi connectivity index (χ0) is 14.8. The standard InChI is InChI=1S/C20H15NS/c1-2-4-18(5-3-1)21-19-10-8-15(9-11-19)17-7-6-16-12-13-22-20(16)14-17/h1-14,21H. The minimum absolute atomic E-state index is 1.10. The van der Waals surface area contributed by atoms with E-state index in [1.54, 1.807) is 11.3 Å². The zero-order valence-electron chi connectivity index (χ0n) is 12.0. The second-order valence-electron chi connectivity index (χ2n) is 5.24. The largest absolute Gasteiger partial charge is 0.356 e. The van der Waals surface area contributed by atoms with Gasteiger partial charge in [-0.2, -0.15) is 0 Å². The van der Waals surface area contributed by atoms with Gasteiger partial charge in [0.1, 0.15) is 0 Å². The molecule has 0 aliphatic heterocycles. The van der Waals surface area contributed by atoms with Crippen molar-refractivity contribution in [2.45, 2.75) is 0 Å². The van der Waals surface area contributed by atoms with Gasteiger partial charge in [-0.1, -0.05) is 42.5 Å². The molecule has 0 bridgehead atoms. The van der Waals surface area contributed by atoms with Crippen LogP contribution in [0.25, 0.3) is 21.2 Å². The molecule has 3 aromatic carbocycles. The molecule has 22 heavy (non-hydrogen) atoms. The minimum Gasteiger partial charge on any atom is -0.356 e. The van der Waals surface area contributed by atoms with Crippen LogP contribution in [-0.2, 0) is 0 Å². The molecule has 2 heteroatoms. The second kappa shape index (κ2) is 5.66. The minimum atomic E-state index is 1.10. The van der Waals surface area contributed by atoms with Gasteiger partial charge < -0.3 is 5.32 Å². The third-order valence-corrected chi connectivity index (χ3v) is 4.62. The fourth-order valence-corrected chi connectivity index (χ4v) is 3.40. The van der Waals surface area contributed by atoms with Crippen LogP contribution in [0.3, 0.4) is 0 Å². The van der Waals surface area contributed by atoms with Crippen molar-refractivity contribution in [2.24, 2.45) is 0 Å². The van der Waals surface area contributed by atoms with E-state index in [0.29, 0.717) is 0 Å². The summed E-state index contributed by atoms with van der Waals surface area (Å²) in [4.78, 5) is 0. The van der Waals surface area contributed by atoms with Gasteiger partial charge in [0.25, 0.3) is 0 Å². The van der Waals surface area contributed by atoms with Gasteiger partial charge in [0.15, 0.2) is 0 Å². The van der Waals surface area contributed by atoms with Gasteiger partial charge in [0.2, 0.25) is 0 Å². The van der Waals surface area contributed by atoms with Gasteiger partial charge in [-0.05, 0) is 58.3 Å². The molecule has 0 spiro atoms. The molecule has 1 heterocycles. The molecule has 0 saturated heterocycles. The first-order valence-electron chi connectivity index (χ1n) is 7.28.